The molecular formula is C17H28N2O. The van der Waals surface area contributed by atoms with E-state index in [1.54, 1.807) is 0 Å². The molecule has 20 heavy (non-hydrogen) atoms. The molecule has 1 heterocycles. The average molecular weight is 276 g/mol. The quantitative estimate of drug-likeness (QED) is 0.792. The predicted molar refractivity (Wildman–Crippen MR) is 82.4 cm³/mol. The van der Waals surface area contributed by atoms with Crippen molar-refractivity contribution in [3.05, 3.63) is 21.9 Å². The summed E-state index contributed by atoms with van der Waals surface area (Å²) in [7, 11) is 0. The molecule has 0 bridgehead atoms. The number of rotatable bonds is 2. The maximum Gasteiger partial charge on any atom is 0.329 e. The molecular weight excluding hydrogens is 248 g/mol. The van der Waals surface area contributed by atoms with Crippen LogP contribution in [0.1, 0.15) is 87.7 Å². The molecule has 3 nitrogen and oxygen atoms in total. The number of hydrogen-bond donors (Lipinski definition) is 0. The molecule has 0 atom stereocenters. The molecule has 1 aromatic rings. The van der Waals surface area contributed by atoms with Crippen molar-refractivity contribution in [3.63, 3.8) is 0 Å². The summed E-state index contributed by atoms with van der Waals surface area (Å²) in [4.78, 5) is 12.9. The van der Waals surface area contributed by atoms with Gasteiger partial charge >= 0.3 is 5.69 Å². The van der Waals surface area contributed by atoms with Crippen LogP contribution in [0.2, 0.25) is 0 Å². The van der Waals surface area contributed by atoms with Gasteiger partial charge in [-0.25, -0.2) is 4.79 Å². The standard InChI is InChI=1S/C17H28N2O/c1-13-14(2)19(16-11-7-4-8-12-16)17(20)18(13)15-9-5-3-6-10-15/h15-16H,3-12H2,1-2H3. The van der Waals surface area contributed by atoms with Crippen LogP contribution >= 0.6 is 0 Å². The predicted octanol–water partition coefficient (Wildman–Crippen LogP) is 4.28. The van der Waals surface area contributed by atoms with Gasteiger partial charge in [-0.3, -0.25) is 9.13 Å². The first-order valence-electron chi connectivity index (χ1n) is 8.50. The molecule has 2 saturated carbocycles. The first kappa shape index (κ1) is 14.0. The third-order valence-electron chi connectivity index (χ3n) is 5.54. The van der Waals surface area contributed by atoms with E-state index in [1.165, 1.54) is 75.6 Å². The lowest BCUT2D eigenvalue weighted by atomic mass is 9.95. The second-order valence-corrected chi connectivity index (χ2v) is 6.78. The van der Waals surface area contributed by atoms with E-state index in [9.17, 15) is 4.79 Å². The van der Waals surface area contributed by atoms with Crippen LogP contribution in [0.5, 0.6) is 0 Å². The van der Waals surface area contributed by atoms with E-state index in [-0.39, 0.29) is 5.69 Å². The lowest BCUT2D eigenvalue weighted by molar-refractivity contribution is 0.317. The Hall–Kier alpha value is -0.990. The molecule has 112 valence electrons. The van der Waals surface area contributed by atoms with Gasteiger partial charge < -0.3 is 0 Å². The minimum atomic E-state index is 0.277. The highest BCUT2D eigenvalue weighted by Crippen LogP contribution is 2.32. The summed E-state index contributed by atoms with van der Waals surface area (Å²) in [6.45, 7) is 4.29. The van der Waals surface area contributed by atoms with Crippen LogP contribution < -0.4 is 5.69 Å². The summed E-state index contributed by atoms with van der Waals surface area (Å²) < 4.78 is 4.26. The maximum atomic E-state index is 12.9. The summed E-state index contributed by atoms with van der Waals surface area (Å²) in [6, 6.07) is 0.916. The first-order chi connectivity index (χ1) is 9.70. The van der Waals surface area contributed by atoms with Gasteiger partial charge in [0.2, 0.25) is 0 Å². The lowest BCUT2D eigenvalue weighted by Gasteiger charge is -2.24. The molecule has 2 aliphatic rings. The van der Waals surface area contributed by atoms with Gasteiger partial charge in [-0.2, -0.15) is 0 Å². The van der Waals surface area contributed by atoms with Crippen LogP contribution in [0.25, 0.3) is 0 Å². The first-order valence-corrected chi connectivity index (χ1v) is 8.50. The minimum absolute atomic E-state index is 0.277. The van der Waals surface area contributed by atoms with Crippen molar-refractivity contribution in [2.24, 2.45) is 0 Å². The Morgan fingerprint density at radius 1 is 0.700 bits per heavy atom. The van der Waals surface area contributed by atoms with Gasteiger partial charge in [-0.1, -0.05) is 38.5 Å². The molecule has 0 saturated heterocycles. The highest BCUT2D eigenvalue weighted by Gasteiger charge is 2.26. The van der Waals surface area contributed by atoms with Crippen LogP contribution in [-0.4, -0.2) is 9.13 Å². The molecule has 3 heteroatoms. The summed E-state index contributed by atoms with van der Waals surface area (Å²) >= 11 is 0. The molecule has 0 aromatic carbocycles. The largest absolute Gasteiger partial charge is 0.329 e. The Bertz CT molecular complexity index is 469. The Labute approximate surface area is 122 Å². The van der Waals surface area contributed by atoms with E-state index in [0.717, 1.165) is 0 Å². The normalized spacial score (nSPS) is 22.3. The van der Waals surface area contributed by atoms with Crippen LogP contribution in [0.4, 0.5) is 0 Å². The Morgan fingerprint density at radius 2 is 1.05 bits per heavy atom. The SMILES string of the molecule is Cc1c(C)n(C2CCCCC2)c(=O)n1C1CCCCC1. The molecule has 0 spiro atoms. The van der Waals surface area contributed by atoms with E-state index in [0.29, 0.717) is 12.1 Å². The summed E-state index contributed by atoms with van der Waals surface area (Å²) in [5, 5.41) is 0. The second kappa shape index (κ2) is 5.79. The van der Waals surface area contributed by atoms with Crippen molar-refractivity contribution < 1.29 is 0 Å². The molecule has 1 aromatic heterocycles. The molecule has 0 unspecified atom stereocenters. The van der Waals surface area contributed by atoms with Crippen LogP contribution in [0.3, 0.4) is 0 Å². The topological polar surface area (TPSA) is 26.9 Å². The summed E-state index contributed by atoms with van der Waals surface area (Å²) in [5.74, 6) is 0. The van der Waals surface area contributed by atoms with E-state index >= 15 is 0 Å². The van der Waals surface area contributed by atoms with Gasteiger partial charge in [0.25, 0.3) is 0 Å². The van der Waals surface area contributed by atoms with Crippen LogP contribution in [-0.2, 0) is 0 Å². The molecule has 3 rings (SSSR count). The molecule has 0 amide bonds. The monoisotopic (exact) mass is 276 g/mol. The van der Waals surface area contributed by atoms with E-state index in [1.807, 2.05) is 0 Å². The fourth-order valence-corrected chi connectivity index (χ4v) is 4.29. The number of nitrogens with zero attached hydrogens (tertiary/aromatic N) is 2. The highest BCUT2D eigenvalue weighted by molar-refractivity contribution is 5.14. The van der Waals surface area contributed by atoms with E-state index in [2.05, 4.69) is 23.0 Å². The average Bonchev–Trinajstić information content (AvgIpc) is 2.71. The van der Waals surface area contributed by atoms with Crippen molar-refractivity contribution >= 4 is 0 Å². The third-order valence-corrected chi connectivity index (χ3v) is 5.54. The highest BCUT2D eigenvalue weighted by atomic mass is 16.2. The van der Waals surface area contributed by atoms with Crippen molar-refractivity contribution in [2.75, 3.05) is 0 Å². The van der Waals surface area contributed by atoms with E-state index < -0.39 is 0 Å². The minimum Gasteiger partial charge on any atom is -0.293 e. The molecule has 2 aliphatic carbocycles. The fraction of sp³-hybridized carbons (Fsp3) is 0.824. The number of hydrogen-bond acceptors (Lipinski definition) is 1. The van der Waals surface area contributed by atoms with Gasteiger partial charge in [-0.15, -0.1) is 0 Å². The Morgan fingerprint density at radius 3 is 1.40 bits per heavy atom. The van der Waals surface area contributed by atoms with Crippen molar-refractivity contribution in [1.29, 1.82) is 0 Å². The van der Waals surface area contributed by atoms with Crippen molar-refractivity contribution in [2.45, 2.75) is 90.1 Å². The molecule has 0 radical (unpaired) electrons. The van der Waals surface area contributed by atoms with Gasteiger partial charge in [0, 0.05) is 23.5 Å². The number of aromatic nitrogens is 2. The third kappa shape index (κ3) is 2.36. The number of imidazole rings is 1. The zero-order valence-electron chi connectivity index (χ0n) is 13.0. The maximum absolute atomic E-state index is 12.9. The van der Waals surface area contributed by atoms with Crippen LogP contribution in [0, 0.1) is 13.8 Å². The fourth-order valence-electron chi connectivity index (χ4n) is 4.29. The molecule has 2 fully saturated rings. The van der Waals surface area contributed by atoms with Gasteiger partial charge in [0.1, 0.15) is 0 Å². The Balaban J connectivity index is 1.97. The molecule has 0 N–H and O–H groups in total. The molecule has 0 aliphatic heterocycles. The lowest BCUT2D eigenvalue weighted by Crippen LogP contribution is -2.32. The van der Waals surface area contributed by atoms with Crippen LogP contribution in [0.15, 0.2) is 4.79 Å². The van der Waals surface area contributed by atoms with Crippen molar-refractivity contribution in [1.82, 2.24) is 9.13 Å². The zero-order chi connectivity index (χ0) is 14.1. The van der Waals surface area contributed by atoms with Gasteiger partial charge in [0.05, 0.1) is 0 Å². The van der Waals surface area contributed by atoms with E-state index in [4.69, 9.17) is 0 Å². The second-order valence-electron chi connectivity index (χ2n) is 6.78. The summed E-state index contributed by atoms with van der Waals surface area (Å²) in [5.41, 5.74) is 2.71. The Kier molecular flexibility index (Phi) is 4.04. The van der Waals surface area contributed by atoms with Crippen molar-refractivity contribution in [3.8, 4) is 0 Å². The van der Waals surface area contributed by atoms with Gasteiger partial charge in [0.15, 0.2) is 0 Å². The smallest absolute Gasteiger partial charge is 0.293 e. The van der Waals surface area contributed by atoms with Gasteiger partial charge in [-0.05, 0) is 39.5 Å². The summed E-state index contributed by atoms with van der Waals surface area (Å²) in [6.07, 6.45) is 12.6. The zero-order valence-corrected chi connectivity index (χ0v) is 13.0.